The summed E-state index contributed by atoms with van der Waals surface area (Å²) >= 11 is 0. The Labute approximate surface area is 113 Å². The fraction of sp³-hybridized carbons (Fsp3) is 0.118. The highest BCUT2D eigenvalue weighted by atomic mass is 16.1. The number of ketones is 1. The van der Waals surface area contributed by atoms with Gasteiger partial charge >= 0.3 is 0 Å². The number of hydrogen-bond donors (Lipinski definition) is 0. The summed E-state index contributed by atoms with van der Waals surface area (Å²) in [5, 5.41) is 0. The second-order valence-electron chi connectivity index (χ2n) is 4.66. The number of carbonyl (C=O) groups excluding carboxylic acids is 1. The molecule has 0 aromatic heterocycles. The molecule has 0 fully saturated rings. The van der Waals surface area contributed by atoms with Gasteiger partial charge in [-0.05, 0) is 23.8 Å². The van der Waals surface area contributed by atoms with Crippen LogP contribution in [0, 0.1) is 0 Å². The third kappa shape index (κ3) is 2.43. The zero-order valence-electron chi connectivity index (χ0n) is 10.6. The number of benzene rings is 2. The summed E-state index contributed by atoms with van der Waals surface area (Å²) in [7, 11) is 0. The van der Waals surface area contributed by atoms with E-state index in [1.807, 2.05) is 42.6 Å². The highest BCUT2D eigenvalue weighted by Crippen LogP contribution is 2.32. The summed E-state index contributed by atoms with van der Waals surface area (Å²) in [5.41, 5.74) is 2.28. The highest BCUT2D eigenvalue weighted by molar-refractivity contribution is 5.92. The molecule has 0 radical (unpaired) electrons. The molecule has 2 aromatic rings. The minimum atomic E-state index is 0.0844. The highest BCUT2D eigenvalue weighted by Gasteiger charge is 2.24. The smallest absolute Gasteiger partial charge is 0.159 e. The fourth-order valence-electron chi connectivity index (χ4n) is 2.44. The van der Waals surface area contributed by atoms with Gasteiger partial charge in [0.05, 0.1) is 6.04 Å². The van der Waals surface area contributed by atoms with Crippen LogP contribution in [0.15, 0.2) is 72.9 Å². The maximum atomic E-state index is 11.7. The van der Waals surface area contributed by atoms with E-state index in [2.05, 4.69) is 29.2 Å². The molecule has 1 atom stereocenters. The van der Waals surface area contributed by atoms with Gasteiger partial charge in [0, 0.05) is 18.3 Å². The van der Waals surface area contributed by atoms with Crippen LogP contribution < -0.4 is 4.90 Å². The Balaban J connectivity index is 2.01. The largest absolute Gasteiger partial charge is 0.340 e. The van der Waals surface area contributed by atoms with Crippen molar-refractivity contribution in [2.45, 2.75) is 12.5 Å². The Kier molecular flexibility index (Phi) is 3.15. The van der Waals surface area contributed by atoms with Crippen LogP contribution in [-0.4, -0.2) is 5.78 Å². The van der Waals surface area contributed by atoms with Crippen molar-refractivity contribution < 1.29 is 4.79 Å². The second-order valence-corrected chi connectivity index (χ2v) is 4.66. The van der Waals surface area contributed by atoms with Gasteiger partial charge in [-0.2, -0.15) is 0 Å². The van der Waals surface area contributed by atoms with E-state index in [1.165, 1.54) is 5.56 Å². The van der Waals surface area contributed by atoms with Crippen LogP contribution in [0.5, 0.6) is 0 Å². The first-order valence-corrected chi connectivity index (χ1v) is 6.44. The van der Waals surface area contributed by atoms with Crippen molar-refractivity contribution in [2.75, 3.05) is 4.90 Å². The molecular formula is C17H15NO. The van der Waals surface area contributed by atoms with Crippen molar-refractivity contribution in [1.82, 2.24) is 0 Å². The monoisotopic (exact) mass is 249 g/mol. The number of anilines is 1. The fourth-order valence-corrected chi connectivity index (χ4v) is 2.44. The summed E-state index contributed by atoms with van der Waals surface area (Å²) < 4.78 is 0. The van der Waals surface area contributed by atoms with E-state index in [1.54, 1.807) is 6.08 Å². The third-order valence-electron chi connectivity index (χ3n) is 3.39. The molecule has 19 heavy (non-hydrogen) atoms. The predicted molar refractivity (Wildman–Crippen MR) is 76.9 cm³/mol. The zero-order chi connectivity index (χ0) is 13.1. The molecule has 0 saturated heterocycles. The van der Waals surface area contributed by atoms with Crippen LogP contribution in [-0.2, 0) is 4.79 Å². The van der Waals surface area contributed by atoms with Crippen molar-refractivity contribution in [2.24, 2.45) is 0 Å². The van der Waals surface area contributed by atoms with Gasteiger partial charge in [0.15, 0.2) is 5.78 Å². The van der Waals surface area contributed by atoms with Gasteiger partial charge in [-0.15, -0.1) is 0 Å². The molecule has 1 aliphatic rings. The van der Waals surface area contributed by atoms with Crippen LogP contribution in [0.2, 0.25) is 0 Å². The standard InChI is InChI=1S/C17H15NO/c19-16-11-12-18(15-9-5-2-6-10-15)17(13-16)14-7-3-1-4-8-14/h1-12,17H,13H2. The maximum Gasteiger partial charge on any atom is 0.159 e. The predicted octanol–water partition coefficient (Wildman–Crippen LogP) is 3.72. The van der Waals surface area contributed by atoms with E-state index in [-0.39, 0.29) is 11.8 Å². The average molecular weight is 249 g/mol. The lowest BCUT2D eigenvalue weighted by Gasteiger charge is -2.33. The van der Waals surface area contributed by atoms with Gasteiger partial charge in [0.25, 0.3) is 0 Å². The molecule has 1 aliphatic heterocycles. The van der Waals surface area contributed by atoms with Crippen molar-refractivity contribution in [3.8, 4) is 0 Å². The van der Waals surface area contributed by atoms with Gasteiger partial charge in [0.2, 0.25) is 0 Å². The molecule has 94 valence electrons. The topological polar surface area (TPSA) is 20.3 Å². The van der Waals surface area contributed by atoms with E-state index in [0.717, 1.165) is 5.69 Å². The molecule has 0 N–H and O–H groups in total. The lowest BCUT2D eigenvalue weighted by Crippen LogP contribution is -2.28. The van der Waals surface area contributed by atoms with Crippen LogP contribution in [0.1, 0.15) is 18.0 Å². The first-order valence-electron chi connectivity index (χ1n) is 6.44. The number of nitrogens with zero attached hydrogens (tertiary/aromatic N) is 1. The van der Waals surface area contributed by atoms with Gasteiger partial charge in [-0.25, -0.2) is 0 Å². The van der Waals surface area contributed by atoms with E-state index in [4.69, 9.17) is 0 Å². The Morgan fingerprint density at radius 1 is 0.895 bits per heavy atom. The Hall–Kier alpha value is -2.35. The van der Waals surface area contributed by atoms with E-state index >= 15 is 0 Å². The maximum absolute atomic E-state index is 11.7. The average Bonchev–Trinajstić information content (AvgIpc) is 2.49. The van der Waals surface area contributed by atoms with Gasteiger partial charge in [-0.1, -0.05) is 48.5 Å². The van der Waals surface area contributed by atoms with Crippen molar-refractivity contribution in [1.29, 1.82) is 0 Å². The summed E-state index contributed by atoms with van der Waals surface area (Å²) in [6.45, 7) is 0. The van der Waals surface area contributed by atoms with E-state index in [9.17, 15) is 4.79 Å². The quantitative estimate of drug-likeness (QED) is 0.808. The van der Waals surface area contributed by atoms with Gasteiger partial charge in [0.1, 0.15) is 0 Å². The molecule has 2 heteroatoms. The molecule has 3 rings (SSSR count). The van der Waals surface area contributed by atoms with E-state index in [0.29, 0.717) is 6.42 Å². The Bertz CT molecular complexity index is 589. The van der Waals surface area contributed by atoms with Crippen molar-refractivity contribution in [3.05, 3.63) is 78.5 Å². The molecule has 1 heterocycles. The summed E-state index contributed by atoms with van der Waals surface area (Å²) in [6.07, 6.45) is 4.07. The first kappa shape index (κ1) is 11.7. The molecule has 0 bridgehead atoms. The summed E-state index contributed by atoms with van der Waals surface area (Å²) in [6, 6.07) is 20.4. The molecule has 0 amide bonds. The zero-order valence-corrected chi connectivity index (χ0v) is 10.6. The number of allylic oxidation sites excluding steroid dienone is 1. The molecule has 1 unspecified atom stereocenters. The number of hydrogen-bond acceptors (Lipinski definition) is 2. The summed E-state index contributed by atoms with van der Waals surface area (Å²) in [4.78, 5) is 13.9. The van der Waals surface area contributed by atoms with E-state index < -0.39 is 0 Å². The molecule has 0 saturated carbocycles. The van der Waals surface area contributed by atoms with Crippen LogP contribution in [0.3, 0.4) is 0 Å². The Morgan fingerprint density at radius 3 is 2.21 bits per heavy atom. The van der Waals surface area contributed by atoms with Gasteiger partial charge in [-0.3, -0.25) is 4.79 Å². The third-order valence-corrected chi connectivity index (χ3v) is 3.39. The molecule has 0 spiro atoms. The molecule has 2 aromatic carbocycles. The van der Waals surface area contributed by atoms with Crippen molar-refractivity contribution >= 4 is 11.5 Å². The lowest BCUT2D eigenvalue weighted by molar-refractivity contribution is -0.115. The normalized spacial score (nSPS) is 18.6. The van der Waals surface area contributed by atoms with Crippen molar-refractivity contribution in [3.63, 3.8) is 0 Å². The van der Waals surface area contributed by atoms with Crippen LogP contribution in [0.4, 0.5) is 5.69 Å². The number of para-hydroxylation sites is 1. The number of rotatable bonds is 2. The summed E-state index contributed by atoms with van der Waals surface area (Å²) in [5.74, 6) is 0.182. The van der Waals surface area contributed by atoms with Crippen LogP contribution >= 0.6 is 0 Å². The second kappa shape index (κ2) is 5.11. The number of carbonyl (C=O) groups is 1. The van der Waals surface area contributed by atoms with Crippen LogP contribution in [0.25, 0.3) is 0 Å². The minimum absolute atomic E-state index is 0.0844. The molecule has 0 aliphatic carbocycles. The van der Waals surface area contributed by atoms with Gasteiger partial charge < -0.3 is 4.90 Å². The molecular weight excluding hydrogens is 234 g/mol. The molecule has 2 nitrogen and oxygen atoms in total. The SMILES string of the molecule is O=C1C=CN(c2ccccc2)C(c2ccccc2)C1. The minimum Gasteiger partial charge on any atom is -0.340 e. The Morgan fingerprint density at radius 2 is 1.53 bits per heavy atom. The first-order chi connectivity index (χ1) is 9.34. The lowest BCUT2D eigenvalue weighted by atomic mass is 9.97.